The van der Waals surface area contributed by atoms with Gasteiger partial charge in [-0.1, -0.05) is 48.7 Å². The number of hydrogen-bond acceptors (Lipinski definition) is 4. The summed E-state index contributed by atoms with van der Waals surface area (Å²) < 4.78 is 1.96. The van der Waals surface area contributed by atoms with Gasteiger partial charge in [-0.15, -0.1) is 10.2 Å². The van der Waals surface area contributed by atoms with Gasteiger partial charge in [0.05, 0.1) is 10.9 Å². The zero-order chi connectivity index (χ0) is 18.5. The lowest BCUT2D eigenvalue weighted by atomic mass is 9.89. The summed E-state index contributed by atoms with van der Waals surface area (Å²) in [6.45, 7) is 6.89. The largest absolute Gasteiger partial charge is 0.355 e. The van der Waals surface area contributed by atoms with Crippen LogP contribution >= 0.6 is 11.8 Å². The van der Waals surface area contributed by atoms with Crippen LogP contribution in [0.1, 0.15) is 50.2 Å². The van der Waals surface area contributed by atoms with Crippen LogP contribution in [0.25, 0.3) is 5.69 Å². The zero-order valence-electron chi connectivity index (χ0n) is 15.9. The summed E-state index contributed by atoms with van der Waals surface area (Å²) in [7, 11) is 0. The third-order valence-corrected chi connectivity index (χ3v) is 6.13. The van der Waals surface area contributed by atoms with Gasteiger partial charge in [0, 0.05) is 6.54 Å². The van der Waals surface area contributed by atoms with Crippen molar-refractivity contribution in [2.45, 2.75) is 63.3 Å². The number of carbonyl (C=O) groups excluding carboxylic acids is 1. The van der Waals surface area contributed by atoms with Gasteiger partial charge in [-0.2, -0.15) is 0 Å². The molecule has 5 nitrogen and oxygen atoms in total. The molecule has 0 radical (unpaired) electrons. The van der Waals surface area contributed by atoms with Crippen molar-refractivity contribution in [2.24, 2.45) is 5.92 Å². The summed E-state index contributed by atoms with van der Waals surface area (Å²) in [5.41, 5.74) is 3.45. The van der Waals surface area contributed by atoms with Gasteiger partial charge in [0.25, 0.3) is 0 Å². The number of benzene rings is 1. The molecule has 0 bridgehead atoms. The Morgan fingerprint density at radius 1 is 1.31 bits per heavy atom. The van der Waals surface area contributed by atoms with E-state index in [9.17, 15) is 4.79 Å². The predicted molar refractivity (Wildman–Crippen MR) is 106 cm³/mol. The first-order chi connectivity index (χ1) is 12.5. The first kappa shape index (κ1) is 19.0. The fraction of sp³-hybridized carbons (Fsp3) is 0.550. The fourth-order valence-electron chi connectivity index (χ4n) is 3.54. The van der Waals surface area contributed by atoms with Crippen LogP contribution in [0.15, 0.2) is 29.7 Å². The highest BCUT2D eigenvalue weighted by Gasteiger charge is 2.20. The average molecular weight is 373 g/mol. The smallest absolute Gasteiger partial charge is 0.233 e. The van der Waals surface area contributed by atoms with E-state index >= 15 is 0 Å². The molecule has 2 aromatic rings. The number of thioether (sulfide) groups is 1. The van der Waals surface area contributed by atoms with Crippen LogP contribution in [0.5, 0.6) is 0 Å². The Balaban J connectivity index is 1.61. The molecule has 1 N–H and O–H groups in total. The van der Waals surface area contributed by atoms with Gasteiger partial charge in [0.1, 0.15) is 6.33 Å². The van der Waals surface area contributed by atoms with Gasteiger partial charge in [-0.05, 0) is 51.2 Å². The lowest BCUT2D eigenvalue weighted by Gasteiger charge is -2.22. The highest BCUT2D eigenvalue weighted by atomic mass is 32.2. The first-order valence-corrected chi connectivity index (χ1v) is 10.3. The summed E-state index contributed by atoms with van der Waals surface area (Å²) in [5, 5.41) is 12.0. The fourth-order valence-corrected chi connectivity index (χ4v) is 4.40. The second-order valence-corrected chi connectivity index (χ2v) is 8.59. The van der Waals surface area contributed by atoms with Gasteiger partial charge in [-0.25, -0.2) is 0 Å². The van der Waals surface area contributed by atoms with E-state index in [-0.39, 0.29) is 11.2 Å². The number of rotatable bonds is 6. The van der Waals surface area contributed by atoms with Crippen molar-refractivity contribution in [1.29, 1.82) is 0 Å². The molecule has 1 saturated carbocycles. The third kappa shape index (κ3) is 4.67. The van der Waals surface area contributed by atoms with E-state index in [4.69, 9.17) is 0 Å². The molecular weight excluding hydrogens is 344 g/mol. The van der Waals surface area contributed by atoms with Crippen LogP contribution < -0.4 is 5.32 Å². The van der Waals surface area contributed by atoms with Crippen LogP contribution in [-0.4, -0.2) is 32.5 Å². The minimum absolute atomic E-state index is 0.0794. The SMILES string of the molecule is Cc1ccc(-n2cnnc2SC(C)C(=O)NCC2CCCCC2)c(C)c1. The maximum Gasteiger partial charge on any atom is 0.233 e. The Labute approximate surface area is 160 Å². The van der Waals surface area contributed by atoms with Crippen LogP contribution in [0.4, 0.5) is 0 Å². The van der Waals surface area contributed by atoms with Crippen LogP contribution in [0, 0.1) is 19.8 Å². The minimum Gasteiger partial charge on any atom is -0.355 e. The highest BCUT2D eigenvalue weighted by molar-refractivity contribution is 8.00. The van der Waals surface area contributed by atoms with Crippen molar-refractivity contribution < 1.29 is 4.79 Å². The van der Waals surface area contributed by atoms with Gasteiger partial charge in [-0.3, -0.25) is 9.36 Å². The van der Waals surface area contributed by atoms with E-state index in [1.54, 1.807) is 6.33 Å². The molecule has 26 heavy (non-hydrogen) atoms. The standard InChI is InChI=1S/C20H28N4OS/c1-14-9-10-18(15(2)11-14)24-13-22-23-20(24)26-16(3)19(25)21-12-17-7-5-4-6-8-17/h9-11,13,16-17H,4-8,12H2,1-3H3,(H,21,25). The Kier molecular flexibility index (Phi) is 6.35. The van der Waals surface area contributed by atoms with E-state index in [2.05, 4.69) is 47.6 Å². The average Bonchev–Trinajstić information content (AvgIpc) is 3.08. The Morgan fingerprint density at radius 3 is 2.81 bits per heavy atom. The molecule has 1 amide bonds. The van der Waals surface area contributed by atoms with Crippen molar-refractivity contribution in [1.82, 2.24) is 20.1 Å². The molecule has 6 heteroatoms. The number of carbonyl (C=O) groups is 1. The first-order valence-electron chi connectivity index (χ1n) is 9.46. The molecular formula is C20H28N4OS. The van der Waals surface area contributed by atoms with E-state index in [0.717, 1.165) is 17.4 Å². The quantitative estimate of drug-likeness (QED) is 0.777. The molecule has 1 aromatic carbocycles. The summed E-state index contributed by atoms with van der Waals surface area (Å²) in [6, 6.07) is 6.30. The molecule has 1 atom stereocenters. The maximum atomic E-state index is 12.5. The number of hydrogen-bond donors (Lipinski definition) is 1. The van der Waals surface area contributed by atoms with Gasteiger partial charge in [0.2, 0.25) is 5.91 Å². The van der Waals surface area contributed by atoms with E-state index < -0.39 is 0 Å². The number of aromatic nitrogens is 3. The molecule has 140 valence electrons. The molecule has 1 aromatic heterocycles. The van der Waals surface area contributed by atoms with Gasteiger partial charge < -0.3 is 5.32 Å². The topological polar surface area (TPSA) is 59.8 Å². The second kappa shape index (κ2) is 8.71. The van der Waals surface area contributed by atoms with Crippen LogP contribution in [-0.2, 0) is 4.79 Å². The molecule has 1 aliphatic carbocycles. The summed E-state index contributed by atoms with van der Waals surface area (Å²) in [4.78, 5) is 12.5. The van der Waals surface area contributed by atoms with Crippen LogP contribution in [0.3, 0.4) is 0 Å². The molecule has 1 heterocycles. The number of nitrogens with one attached hydrogen (secondary N) is 1. The van der Waals surface area contributed by atoms with Crippen LogP contribution in [0.2, 0.25) is 0 Å². The lowest BCUT2D eigenvalue weighted by Crippen LogP contribution is -2.35. The molecule has 0 spiro atoms. The monoisotopic (exact) mass is 372 g/mol. The molecule has 1 aliphatic rings. The summed E-state index contributed by atoms with van der Waals surface area (Å²) in [6.07, 6.45) is 8.12. The van der Waals surface area contributed by atoms with Gasteiger partial charge >= 0.3 is 0 Å². The second-order valence-electron chi connectivity index (χ2n) is 7.28. The molecule has 1 fully saturated rings. The molecule has 1 unspecified atom stereocenters. The molecule has 0 aliphatic heterocycles. The number of nitrogens with zero attached hydrogens (tertiary/aromatic N) is 3. The van der Waals surface area contributed by atoms with Crippen molar-refractivity contribution >= 4 is 17.7 Å². The lowest BCUT2D eigenvalue weighted by molar-refractivity contribution is -0.120. The highest BCUT2D eigenvalue weighted by Crippen LogP contribution is 2.26. The Morgan fingerprint density at radius 2 is 2.08 bits per heavy atom. The summed E-state index contributed by atoms with van der Waals surface area (Å²) in [5.74, 6) is 0.722. The molecule has 0 saturated heterocycles. The predicted octanol–water partition coefficient (Wildman–Crippen LogP) is 4.06. The van der Waals surface area contributed by atoms with Crippen molar-refractivity contribution in [3.63, 3.8) is 0 Å². The van der Waals surface area contributed by atoms with E-state index in [0.29, 0.717) is 5.92 Å². The summed E-state index contributed by atoms with van der Waals surface area (Å²) >= 11 is 1.46. The van der Waals surface area contributed by atoms with Crippen molar-refractivity contribution in [2.75, 3.05) is 6.54 Å². The van der Waals surface area contributed by atoms with Gasteiger partial charge in [0.15, 0.2) is 5.16 Å². The van der Waals surface area contributed by atoms with E-state index in [1.807, 2.05) is 11.5 Å². The van der Waals surface area contributed by atoms with E-state index in [1.165, 1.54) is 55.0 Å². The molecule has 3 rings (SSSR count). The Hall–Kier alpha value is -1.82. The number of aryl methyl sites for hydroxylation is 2. The Bertz CT molecular complexity index is 752. The van der Waals surface area contributed by atoms with Crippen molar-refractivity contribution in [3.8, 4) is 5.69 Å². The third-order valence-electron chi connectivity index (χ3n) is 5.07. The maximum absolute atomic E-state index is 12.5. The van der Waals surface area contributed by atoms with Crippen molar-refractivity contribution in [3.05, 3.63) is 35.7 Å². The minimum atomic E-state index is -0.202. The number of amides is 1. The zero-order valence-corrected chi connectivity index (χ0v) is 16.7. The normalized spacial score (nSPS) is 16.4.